The largest absolute Gasteiger partial charge is 0.453 e. The van der Waals surface area contributed by atoms with E-state index < -0.39 is 12.0 Å². The monoisotopic (exact) mass is 361 g/mol. The van der Waals surface area contributed by atoms with Gasteiger partial charge in [-0.05, 0) is 30.7 Å². The number of benzene rings is 1. The molecular weight excluding hydrogens is 347 g/mol. The third kappa shape index (κ3) is 2.83. The molecule has 4 aromatic rings. The number of hydrogen-bond acceptors (Lipinski definition) is 5. The summed E-state index contributed by atoms with van der Waals surface area (Å²) < 4.78 is 39.7. The second kappa shape index (κ2) is 5.97. The molecule has 134 valence electrons. The number of halogens is 3. The number of imidazole rings is 1. The number of H-pyrrole nitrogens is 1. The first-order valence-electron chi connectivity index (χ1n) is 7.96. The molecular formula is C16H14F3N7. The highest BCUT2D eigenvalue weighted by atomic mass is 19.4. The van der Waals surface area contributed by atoms with Crippen molar-refractivity contribution >= 4 is 22.5 Å². The van der Waals surface area contributed by atoms with Crippen LogP contribution in [0.15, 0.2) is 36.4 Å². The van der Waals surface area contributed by atoms with E-state index in [1.165, 1.54) is 6.07 Å². The predicted octanol–water partition coefficient (Wildman–Crippen LogP) is 3.58. The second-order valence-electron chi connectivity index (χ2n) is 5.75. The molecule has 26 heavy (non-hydrogen) atoms. The van der Waals surface area contributed by atoms with Crippen LogP contribution in [-0.4, -0.2) is 29.8 Å². The lowest BCUT2D eigenvalue weighted by molar-refractivity contribution is -0.146. The smallest absolute Gasteiger partial charge is 0.359 e. The molecule has 0 spiro atoms. The summed E-state index contributed by atoms with van der Waals surface area (Å²) in [5, 5.41) is 13.8. The lowest BCUT2D eigenvalue weighted by atomic mass is 10.2. The van der Waals surface area contributed by atoms with Gasteiger partial charge in [-0.1, -0.05) is 19.1 Å². The quantitative estimate of drug-likeness (QED) is 0.580. The number of anilines is 1. The van der Waals surface area contributed by atoms with Crippen LogP contribution in [0.4, 0.5) is 19.0 Å². The summed E-state index contributed by atoms with van der Waals surface area (Å²) in [6.07, 6.45) is -3.97. The van der Waals surface area contributed by atoms with Crippen LogP contribution in [0.3, 0.4) is 0 Å². The number of rotatable bonds is 4. The zero-order valence-corrected chi connectivity index (χ0v) is 13.6. The third-order valence-corrected chi connectivity index (χ3v) is 3.98. The average molecular weight is 361 g/mol. The fourth-order valence-electron chi connectivity index (χ4n) is 2.72. The molecule has 4 rings (SSSR count). The van der Waals surface area contributed by atoms with Crippen molar-refractivity contribution in [3.05, 3.63) is 48.0 Å². The van der Waals surface area contributed by atoms with Gasteiger partial charge in [-0.25, -0.2) is 4.98 Å². The highest BCUT2D eigenvalue weighted by Gasteiger charge is 2.37. The normalized spacial score (nSPS) is 13.4. The van der Waals surface area contributed by atoms with Crippen molar-refractivity contribution in [2.45, 2.75) is 25.6 Å². The van der Waals surface area contributed by atoms with Gasteiger partial charge in [-0.15, -0.1) is 15.3 Å². The molecule has 0 aliphatic heterocycles. The molecule has 0 amide bonds. The van der Waals surface area contributed by atoms with Crippen molar-refractivity contribution in [2.75, 3.05) is 5.32 Å². The Balaban J connectivity index is 1.68. The fraction of sp³-hybridized carbons (Fsp3) is 0.250. The number of aromatic amines is 1. The third-order valence-electron chi connectivity index (χ3n) is 3.98. The van der Waals surface area contributed by atoms with Crippen LogP contribution in [-0.2, 0) is 6.18 Å². The van der Waals surface area contributed by atoms with Crippen molar-refractivity contribution in [3.8, 4) is 0 Å². The summed E-state index contributed by atoms with van der Waals surface area (Å²) in [4.78, 5) is 7.75. The number of para-hydroxylation sites is 2. The summed E-state index contributed by atoms with van der Waals surface area (Å²) in [5.41, 5.74) is 1.74. The van der Waals surface area contributed by atoms with Crippen molar-refractivity contribution in [2.24, 2.45) is 0 Å². The summed E-state index contributed by atoms with van der Waals surface area (Å²) in [6, 6.07) is 10.4. The van der Waals surface area contributed by atoms with Crippen LogP contribution >= 0.6 is 0 Å². The van der Waals surface area contributed by atoms with E-state index in [0.717, 1.165) is 11.0 Å². The van der Waals surface area contributed by atoms with E-state index in [1.54, 1.807) is 6.07 Å². The van der Waals surface area contributed by atoms with Gasteiger partial charge in [0.05, 0.1) is 17.1 Å². The molecule has 0 aliphatic carbocycles. The maximum absolute atomic E-state index is 13.0. The first kappa shape index (κ1) is 16.3. The van der Waals surface area contributed by atoms with Gasteiger partial charge in [0.25, 0.3) is 5.82 Å². The van der Waals surface area contributed by atoms with Gasteiger partial charge in [0.15, 0.2) is 5.65 Å². The molecule has 7 nitrogen and oxygen atoms in total. The fourth-order valence-corrected chi connectivity index (χ4v) is 2.72. The van der Waals surface area contributed by atoms with E-state index in [1.807, 2.05) is 31.2 Å². The molecule has 0 saturated heterocycles. The van der Waals surface area contributed by atoms with Crippen LogP contribution in [0, 0.1) is 0 Å². The minimum Gasteiger partial charge on any atom is -0.359 e. The van der Waals surface area contributed by atoms with Crippen molar-refractivity contribution < 1.29 is 13.2 Å². The Labute approximate surface area is 145 Å². The van der Waals surface area contributed by atoms with E-state index in [9.17, 15) is 13.2 Å². The standard InChI is InChI=1S/C16H14F3N7/c1-2-9(14-21-10-5-3-4-6-11(10)22-14)20-12-7-8-13-23-24-15(16(17,18)19)26(13)25-12/h3-9H,2H2,1H3,(H,20,25)(H,21,22). The van der Waals surface area contributed by atoms with Crippen LogP contribution in [0.25, 0.3) is 16.7 Å². The van der Waals surface area contributed by atoms with Crippen molar-refractivity contribution in [1.29, 1.82) is 0 Å². The Morgan fingerprint density at radius 3 is 2.69 bits per heavy atom. The van der Waals surface area contributed by atoms with Gasteiger partial charge < -0.3 is 10.3 Å². The average Bonchev–Trinajstić information content (AvgIpc) is 3.22. The molecule has 0 aliphatic rings. The van der Waals surface area contributed by atoms with E-state index in [4.69, 9.17) is 0 Å². The molecule has 1 unspecified atom stereocenters. The molecule has 3 heterocycles. The number of nitrogens with one attached hydrogen (secondary N) is 2. The van der Waals surface area contributed by atoms with Gasteiger partial charge in [0.2, 0.25) is 0 Å². The van der Waals surface area contributed by atoms with Crippen molar-refractivity contribution in [3.63, 3.8) is 0 Å². The number of fused-ring (bicyclic) bond motifs is 2. The topological polar surface area (TPSA) is 83.8 Å². The summed E-state index contributed by atoms with van der Waals surface area (Å²) in [5.74, 6) is -0.196. The van der Waals surface area contributed by atoms with E-state index in [-0.39, 0.29) is 17.5 Å². The highest BCUT2D eigenvalue weighted by Crippen LogP contribution is 2.28. The van der Waals surface area contributed by atoms with Crippen LogP contribution in [0.1, 0.15) is 31.0 Å². The zero-order valence-electron chi connectivity index (χ0n) is 13.6. The lowest BCUT2D eigenvalue weighted by Gasteiger charge is -2.15. The van der Waals surface area contributed by atoms with E-state index in [0.29, 0.717) is 16.8 Å². The minimum atomic E-state index is -4.63. The van der Waals surface area contributed by atoms with E-state index >= 15 is 0 Å². The molecule has 1 aromatic carbocycles. The molecule has 0 bridgehead atoms. The number of alkyl halides is 3. The molecule has 10 heteroatoms. The Bertz CT molecular complexity index is 1030. The first-order valence-corrected chi connectivity index (χ1v) is 7.96. The molecule has 2 N–H and O–H groups in total. The predicted molar refractivity (Wildman–Crippen MR) is 88.5 cm³/mol. The summed E-state index contributed by atoms with van der Waals surface area (Å²) in [7, 11) is 0. The summed E-state index contributed by atoms with van der Waals surface area (Å²) >= 11 is 0. The summed E-state index contributed by atoms with van der Waals surface area (Å²) in [6.45, 7) is 1.95. The van der Waals surface area contributed by atoms with Gasteiger partial charge in [0.1, 0.15) is 11.6 Å². The van der Waals surface area contributed by atoms with Crippen molar-refractivity contribution in [1.82, 2.24) is 29.8 Å². The minimum absolute atomic E-state index is 0.0275. The maximum Gasteiger partial charge on any atom is 0.453 e. The highest BCUT2D eigenvalue weighted by molar-refractivity contribution is 5.74. The van der Waals surface area contributed by atoms with Gasteiger partial charge in [0, 0.05) is 0 Å². The molecule has 3 aromatic heterocycles. The van der Waals surface area contributed by atoms with E-state index in [2.05, 4.69) is 30.6 Å². The Hall–Kier alpha value is -3.17. The van der Waals surface area contributed by atoms with Gasteiger partial charge >= 0.3 is 6.18 Å². The second-order valence-corrected chi connectivity index (χ2v) is 5.75. The molecule has 1 atom stereocenters. The van der Waals surface area contributed by atoms with Crippen LogP contribution in [0.2, 0.25) is 0 Å². The van der Waals surface area contributed by atoms with Gasteiger partial charge in [-0.3, -0.25) is 0 Å². The molecule has 0 radical (unpaired) electrons. The first-order chi connectivity index (χ1) is 12.5. The van der Waals surface area contributed by atoms with Gasteiger partial charge in [-0.2, -0.15) is 17.7 Å². The Morgan fingerprint density at radius 1 is 1.15 bits per heavy atom. The number of aromatic nitrogens is 6. The lowest BCUT2D eigenvalue weighted by Crippen LogP contribution is -2.16. The van der Waals surface area contributed by atoms with Crippen LogP contribution in [0.5, 0.6) is 0 Å². The maximum atomic E-state index is 13.0. The zero-order chi connectivity index (χ0) is 18.3. The SMILES string of the molecule is CCC(Nc1ccc2nnc(C(F)(F)F)n2n1)c1nc2ccccc2[nH]1. The Morgan fingerprint density at radius 2 is 1.96 bits per heavy atom. The molecule has 0 saturated carbocycles. The molecule has 0 fully saturated rings. The van der Waals surface area contributed by atoms with Crippen LogP contribution < -0.4 is 5.32 Å². The Kier molecular flexibility index (Phi) is 3.74. The number of hydrogen-bond donors (Lipinski definition) is 2. The number of nitrogens with zero attached hydrogens (tertiary/aromatic N) is 5.